The summed E-state index contributed by atoms with van der Waals surface area (Å²) in [5, 5.41) is 0. The van der Waals surface area contributed by atoms with Gasteiger partial charge in [-0.2, -0.15) is 0 Å². The van der Waals surface area contributed by atoms with E-state index in [0.29, 0.717) is 18.3 Å². The van der Waals surface area contributed by atoms with Crippen LogP contribution < -0.4 is 10.9 Å². The molecule has 4 saturated carbocycles. The highest BCUT2D eigenvalue weighted by Gasteiger charge is 2.60. The molecule has 5 rings (SSSR count). The summed E-state index contributed by atoms with van der Waals surface area (Å²) in [7, 11) is 0. The topological polar surface area (TPSA) is 84.5 Å². The summed E-state index contributed by atoms with van der Waals surface area (Å²) in [6.45, 7) is -0.511. The number of carbonyl (C=O) groups excluding carboxylic acids is 3. The molecular formula is C20H22ClFN2O4. The first-order chi connectivity index (χ1) is 13.3. The third-order valence-corrected chi connectivity index (χ3v) is 6.63. The van der Waals surface area contributed by atoms with Crippen LogP contribution in [0.5, 0.6) is 0 Å². The van der Waals surface area contributed by atoms with E-state index in [1.807, 2.05) is 0 Å². The van der Waals surface area contributed by atoms with Crippen molar-refractivity contribution in [1.82, 2.24) is 10.9 Å². The molecule has 4 aliphatic rings. The first-order valence-corrected chi connectivity index (χ1v) is 9.86. The quantitative estimate of drug-likeness (QED) is 0.456. The molecule has 0 heterocycles. The van der Waals surface area contributed by atoms with Gasteiger partial charge in [-0.05, 0) is 62.5 Å². The minimum Gasteiger partial charge on any atom is -0.455 e. The third-order valence-electron chi connectivity index (χ3n) is 6.19. The summed E-state index contributed by atoms with van der Waals surface area (Å²) in [5.41, 5.74) is 3.46. The maximum atomic E-state index is 13.6. The highest BCUT2D eigenvalue weighted by Crippen LogP contribution is 2.64. The van der Waals surface area contributed by atoms with Gasteiger partial charge in [0.1, 0.15) is 5.82 Å². The Labute approximate surface area is 167 Å². The molecule has 0 aliphatic heterocycles. The van der Waals surface area contributed by atoms with Crippen molar-refractivity contribution in [3.05, 3.63) is 35.6 Å². The van der Waals surface area contributed by atoms with Crippen LogP contribution in [0.3, 0.4) is 0 Å². The van der Waals surface area contributed by atoms with Gasteiger partial charge in [-0.3, -0.25) is 25.2 Å². The average molecular weight is 409 g/mol. The molecule has 2 unspecified atom stereocenters. The highest BCUT2D eigenvalue weighted by atomic mass is 35.5. The minimum absolute atomic E-state index is 0.194. The van der Waals surface area contributed by atoms with Gasteiger partial charge in [0.15, 0.2) is 6.61 Å². The fraction of sp³-hybridized carbons (Fsp3) is 0.550. The number of nitrogens with one attached hydrogen (secondary N) is 2. The molecule has 4 atom stereocenters. The Morgan fingerprint density at radius 3 is 2.43 bits per heavy atom. The summed E-state index contributed by atoms with van der Waals surface area (Å²) in [6.07, 6.45) is 5.14. The van der Waals surface area contributed by atoms with Crippen molar-refractivity contribution in [1.29, 1.82) is 0 Å². The SMILES string of the molecule is O=C(COC(=O)C12C[C@@H]3C[C@@H](CC(Cl)(C3)C1)C2)NNC(=O)c1ccccc1F. The zero-order valence-corrected chi connectivity index (χ0v) is 16.1. The zero-order valence-electron chi connectivity index (χ0n) is 15.3. The lowest BCUT2D eigenvalue weighted by Gasteiger charge is -2.58. The van der Waals surface area contributed by atoms with Gasteiger partial charge in [0.05, 0.1) is 11.0 Å². The van der Waals surface area contributed by atoms with E-state index < -0.39 is 29.7 Å². The summed E-state index contributed by atoms with van der Waals surface area (Å²) in [6, 6.07) is 5.41. The maximum Gasteiger partial charge on any atom is 0.312 e. The number of amides is 2. The summed E-state index contributed by atoms with van der Waals surface area (Å²) in [5.74, 6) is -1.67. The van der Waals surface area contributed by atoms with Crippen LogP contribution in [-0.4, -0.2) is 29.3 Å². The Balaban J connectivity index is 1.29. The van der Waals surface area contributed by atoms with E-state index in [1.54, 1.807) is 0 Å². The van der Waals surface area contributed by atoms with E-state index in [4.69, 9.17) is 16.3 Å². The number of benzene rings is 1. The normalized spacial score (nSPS) is 32.6. The molecule has 8 heteroatoms. The Hall–Kier alpha value is -2.15. The molecule has 1 aromatic carbocycles. The summed E-state index contributed by atoms with van der Waals surface area (Å²) < 4.78 is 18.8. The van der Waals surface area contributed by atoms with Crippen LogP contribution in [0.1, 0.15) is 48.9 Å². The first kappa shape index (κ1) is 19.2. The fourth-order valence-corrected chi connectivity index (χ4v) is 6.24. The fourth-order valence-electron chi connectivity index (χ4n) is 5.55. The van der Waals surface area contributed by atoms with E-state index in [-0.39, 0.29) is 16.4 Å². The van der Waals surface area contributed by atoms with Crippen LogP contribution in [0, 0.1) is 23.1 Å². The van der Waals surface area contributed by atoms with Gasteiger partial charge in [0, 0.05) is 4.87 Å². The first-order valence-electron chi connectivity index (χ1n) is 9.48. The molecule has 0 aromatic heterocycles. The van der Waals surface area contributed by atoms with Crippen molar-refractivity contribution in [3.63, 3.8) is 0 Å². The van der Waals surface area contributed by atoms with Gasteiger partial charge in [-0.1, -0.05) is 12.1 Å². The van der Waals surface area contributed by atoms with Gasteiger partial charge >= 0.3 is 5.97 Å². The Bertz CT molecular complexity index is 816. The second-order valence-electron chi connectivity index (χ2n) is 8.45. The molecular weight excluding hydrogens is 387 g/mol. The molecule has 28 heavy (non-hydrogen) atoms. The monoisotopic (exact) mass is 408 g/mol. The van der Waals surface area contributed by atoms with Gasteiger partial charge < -0.3 is 4.74 Å². The van der Waals surface area contributed by atoms with Crippen LogP contribution in [0.25, 0.3) is 0 Å². The van der Waals surface area contributed by atoms with E-state index >= 15 is 0 Å². The maximum absolute atomic E-state index is 13.6. The van der Waals surface area contributed by atoms with Crippen molar-refractivity contribution in [3.8, 4) is 0 Å². The van der Waals surface area contributed by atoms with Crippen LogP contribution in [0.4, 0.5) is 4.39 Å². The van der Waals surface area contributed by atoms with Crippen molar-refractivity contribution in [2.75, 3.05) is 6.61 Å². The van der Waals surface area contributed by atoms with Crippen molar-refractivity contribution in [2.24, 2.45) is 17.3 Å². The molecule has 1 aromatic rings. The molecule has 2 amide bonds. The number of alkyl halides is 1. The number of hydrogen-bond donors (Lipinski definition) is 2. The standard InChI is InChI=1S/C20H22ClFN2O4/c21-20-8-12-5-13(9-20)7-19(6-12,11-20)18(27)28-10-16(25)23-24-17(26)14-3-1-2-4-15(14)22/h1-4,12-13H,5-11H2,(H,23,25)(H,24,26)/t12-,13+,19?,20?. The van der Waals surface area contributed by atoms with E-state index in [1.165, 1.54) is 18.2 Å². The minimum atomic E-state index is -0.789. The number of hydrogen-bond acceptors (Lipinski definition) is 4. The van der Waals surface area contributed by atoms with Gasteiger partial charge in [-0.15, -0.1) is 11.6 Å². The number of esters is 1. The number of ether oxygens (including phenoxy) is 1. The summed E-state index contributed by atoms with van der Waals surface area (Å²) in [4.78, 5) is 36.2. The molecule has 4 bridgehead atoms. The van der Waals surface area contributed by atoms with Gasteiger partial charge in [0.25, 0.3) is 11.8 Å². The number of hydrazine groups is 1. The van der Waals surface area contributed by atoms with Crippen LogP contribution in [-0.2, 0) is 14.3 Å². The molecule has 6 nitrogen and oxygen atoms in total. The van der Waals surface area contributed by atoms with Crippen LogP contribution >= 0.6 is 11.6 Å². The van der Waals surface area contributed by atoms with E-state index in [9.17, 15) is 18.8 Å². The third kappa shape index (κ3) is 3.60. The predicted octanol–water partition coefficient (Wildman–Crippen LogP) is 2.71. The second-order valence-corrected chi connectivity index (χ2v) is 9.25. The Morgan fingerprint density at radius 2 is 1.79 bits per heavy atom. The molecule has 4 aliphatic carbocycles. The molecule has 0 spiro atoms. The molecule has 2 N–H and O–H groups in total. The van der Waals surface area contributed by atoms with Crippen molar-refractivity contribution in [2.45, 2.75) is 43.4 Å². The lowest BCUT2D eigenvalue weighted by Crippen LogP contribution is -2.56. The second kappa shape index (κ2) is 7.03. The molecule has 4 fully saturated rings. The number of carbonyl (C=O) groups is 3. The van der Waals surface area contributed by atoms with E-state index in [0.717, 1.165) is 38.2 Å². The largest absolute Gasteiger partial charge is 0.455 e. The number of rotatable bonds is 4. The summed E-state index contributed by atoms with van der Waals surface area (Å²) >= 11 is 6.72. The van der Waals surface area contributed by atoms with Gasteiger partial charge in [0.2, 0.25) is 0 Å². The Morgan fingerprint density at radius 1 is 1.11 bits per heavy atom. The Kier molecular flexibility index (Phi) is 4.81. The van der Waals surface area contributed by atoms with Crippen LogP contribution in [0.15, 0.2) is 24.3 Å². The van der Waals surface area contributed by atoms with Gasteiger partial charge in [-0.25, -0.2) is 4.39 Å². The van der Waals surface area contributed by atoms with Crippen LogP contribution in [0.2, 0.25) is 0 Å². The average Bonchev–Trinajstić information content (AvgIpc) is 2.62. The van der Waals surface area contributed by atoms with Crippen molar-refractivity contribution >= 4 is 29.4 Å². The number of halogens is 2. The molecule has 0 saturated heterocycles. The highest BCUT2D eigenvalue weighted by molar-refractivity contribution is 6.24. The zero-order chi connectivity index (χ0) is 19.9. The van der Waals surface area contributed by atoms with E-state index in [2.05, 4.69) is 10.9 Å². The molecule has 150 valence electrons. The molecule has 0 radical (unpaired) electrons. The lowest BCUT2D eigenvalue weighted by atomic mass is 9.49. The lowest BCUT2D eigenvalue weighted by molar-refractivity contribution is -0.171. The van der Waals surface area contributed by atoms with Crippen molar-refractivity contribution < 1.29 is 23.5 Å². The smallest absolute Gasteiger partial charge is 0.312 e. The predicted molar refractivity (Wildman–Crippen MR) is 98.7 cm³/mol.